The largest absolute Gasteiger partial charge is 0.324 e. The van der Waals surface area contributed by atoms with Crippen LogP contribution in [0.15, 0.2) is 35.1 Å². The van der Waals surface area contributed by atoms with E-state index < -0.39 is 6.04 Å². The summed E-state index contributed by atoms with van der Waals surface area (Å²) in [6.07, 6.45) is 0. The number of nitrogens with zero attached hydrogens (tertiary/aromatic N) is 2. The van der Waals surface area contributed by atoms with E-state index in [0.717, 1.165) is 11.3 Å². The van der Waals surface area contributed by atoms with Gasteiger partial charge in [0.15, 0.2) is 0 Å². The number of hydrogen-bond acceptors (Lipinski definition) is 3. The van der Waals surface area contributed by atoms with Gasteiger partial charge in [-0.3, -0.25) is 9.59 Å². The number of aryl methyl sites for hydroxylation is 2. The van der Waals surface area contributed by atoms with Gasteiger partial charge in [-0.15, -0.1) is 0 Å². The van der Waals surface area contributed by atoms with Gasteiger partial charge in [0.05, 0.1) is 5.69 Å². The Morgan fingerprint density at radius 3 is 2.71 bits per heavy atom. The highest BCUT2D eigenvalue weighted by Gasteiger charge is 2.18. The first-order chi connectivity index (χ1) is 9.88. The zero-order chi connectivity index (χ0) is 15.6. The fourth-order valence-corrected chi connectivity index (χ4v) is 2.04. The average molecular weight is 306 g/mol. The van der Waals surface area contributed by atoms with E-state index in [1.165, 1.54) is 10.7 Å². The van der Waals surface area contributed by atoms with Gasteiger partial charge in [0.1, 0.15) is 6.04 Å². The molecular weight excluding hydrogens is 290 g/mol. The molecule has 0 radical (unpaired) electrons. The average Bonchev–Trinajstić information content (AvgIpc) is 2.42. The molecular formula is C15H16ClN3O2. The molecule has 110 valence electrons. The highest BCUT2D eigenvalue weighted by atomic mass is 35.5. The van der Waals surface area contributed by atoms with Crippen molar-refractivity contribution in [3.8, 4) is 0 Å². The summed E-state index contributed by atoms with van der Waals surface area (Å²) >= 11 is 5.87. The number of hydrogen-bond donors (Lipinski definition) is 1. The van der Waals surface area contributed by atoms with E-state index >= 15 is 0 Å². The highest BCUT2D eigenvalue weighted by Crippen LogP contribution is 2.16. The maximum atomic E-state index is 12.2. The Morgan fingerprint density at radius 2 is 2.05 bits per heavy atom. The van der Waals surface area contributed by atoms with Crippen LogP contribution >= 0.6 is 11.6 Å². The van der Waals surface area contributed by atoms with Gasteiger partial charge >= 0.3 is 0 Å². The zero-order valence-corrected chi connectivity index (χ0v) is 12.8. The molecule has 1 unspecified atom stereocenters. The van der Waals surface area contributed by atoms with Crippen molar-refractivity contribution in [2.24, 2.45) is 0 Å². The molecule has 1 atom stereocenters. The van der Waals surface area contributed by atoms with E-state index in [0.29, 0.717) is 10.7 Å². The fraction of sp³-hybridized carbons (Fsp3) is 0.267. The lowest BCUT2D eigenvalue weighted by atomic mass is 10.2. The number of halogens is 1. The first-order valence-corrected chi connectivity index (χ1v) is 6.90. The molecule has 0 aliphatic heterocycles. The van der Waals surface area contributed by atoms with E-state index in [4.69, 9.17) is 11.6 Å². The molecule has 0 spiro atoms. The molecule has 21 heavy (non-hydrogen) atoms. The second kappa shape index (κ2) is 6.10. The summed E-state index contributed by atoms with van der Waals surface area (Å²) in [6, 6.07) is 7.59. The van der Waals surface area contributed by atoms with Gasteiger partial charge in [-0.25, -0.2) is 4.68 Å². The number of anilines is 1. The summed E-state index contributed by atoms with van der Waals surface area (Å²) in [5.41, 5.74) is 1.80. The van der Waals surface area contributed by atoms with Crippen molar-refractivity contribution >= 4 is 23.2 Å². The van der Waals surface area contributed by atoms with Gasteiger partial charge in [0, 0.05) is 16.8 Å². The lowest BCUT2D eigenvalue weighted by Gasteiger charge is -2.15. The summed E-state index contributed by atoms with van der Waals surface area (Å²) in [7, 11) is 0. The van der Waals surface area contributed by atoms with Crippen molar-refractivity contribution in [3.05, 3.63) is 57.0 Å². The molecule has 0 saturated heterocycles. The van der Waals surface area contributed by atoms with Crippen LogP contribution in [0.5, 0.6) is 0 Å². The maximum absolute atomic E-state index is 12.2. The molecule has 1 N–H and O–H groups in total. The van der Waals surface area contributed by atoms with Crippen molar-refractivity contribution in [3.63, 3.8) is 0 Å². The monoisotopic (exact) mass is 305 g/mol. The normalized spacial score (nSPS) is 12.0. The fourth-order valence-electron chi connectivity index (χ4n) is 1.85. The van der Waals surface area contributed by atoms with Crippen LogP contribution < -0.4 is 10.9 Å². The van der Waals surface area contributed by atoms with Crippen LogP contribution in [0, 0.1) is 13.8 Å². The molecule has 1 aromatic heterocycles. The SMILES string of the molecule is Cc1cc(=O)n(C(C)C(=O)Nc2cccc(Cl)c2)nc1C. The van der Waals surface area contributed by atoms with Gasteiger partial charge < -0.3 is 5.32 Å². The van der Waals surface area contributed by atoms with Crippen LogP contribution in [-0.4, -0.2) is 15.7 Å². The number of aromatic nitrogens is 2. The Kier molecular flexibility index (Phi) is 4.43. The van der Waals surface area contributed by atoms with Crippen LogP contribution in [0.1, 0.15) is 24.2 Å². The predicted octanol–water partition coefficient (Wildman–Crippen LogP) is 2.71. The second-order valence-corrected chi connectivity index (χ2v) is 5.31. The molecule has 0 aliphatic carbocycles. The van der Waals surface area contributed by atoms with Gasteiger partial charge in [-0.1, -0.05) is 17.7 Å². The molecule has 0 fully saturated rings. The molecule has 2 aromatic rings. The Bertz CT molecular complexity index is 740. The lowest BCUT2D eigenvalue weighted by molar-refractivity contribution is -0.119. The third-order valence-electron chi connectivity index (χ3n) is 3.23. The quantitative estimate of drug-likeness (QED) is 0.948. The number of carbonyl (C=O) groups excluding carboxylic acids is 1. The third-order valence-corrected chi connectivity index (χ3v) is 3.47. The first-order valence-electron chi connectivity index (χ1n) is 6.52. The second-order valence-electron chi connectivity index (χ2n) is 4.87. The predicted molar refractivity (Wildman–Crippen MR) is 82.8 cm³/mol. The molecule has 5 nitrogen and oxygen atoms in total. The molecule has 2 rings (SSSR count). The van der Waals surface area contributed by atoms with Crippen LogP contribution in [0.4, 0.5) is 5.69 Å². The van der Waals surface area contributed by atoms with Gasteiger partial charge in [0.25, 0.3) is 5.56 Å². The molecule has 0 aliphatic rings. The Morgan fingerprint density at radius 1 is 1.33 bits per heavy atom. The number of benzene rings is 1. The molecule has 0 bridgehead atoms. The number of amides is 1. The van der Waals surface area contributed by atoms with E-state index in [-0.39, 0.29) is 11.5 Å². The van der Waals surface area contributed by atoms with E-state index in [9.17, 15) is 9.59 Å². The topological polar surface area (TPSA) is 64.0 Å². The molecule has 1 amide bonds. The number of carbonyl (C=O) groups is 1. The number of rotatable bonds is 3. The third kappa shape index (κ3) is 3.49. The van der Waals surface area contributed by atoms with Crippen LogP contribution in [0.25, 0.3) is 0 Å². The van der Waals surface area contributed by atoms with Crippen LogP contribution in [0.3, 0.4) is 0 Å². The molecule has 6 heteroatoms. The molecule has 1 aromatic carbocycles. The van der Waals surface area contributed by atoms with Crippen molar-refractivity contribution in [2.45, 2.75) is 26.8 Å². The summed E-state index contributed by atoms with van der Waals surface area (Å²) in [5, 5.41) is 7.42. The zero-order valence-electron chi connectivity index (χ0n) is 12.1. The minimum absolute atomic E-state index is 0.299. The summed E-state index contributed by atoms with van der Waals surface area (Å²) < 4.78 is 1.18. The Balaban J connectivity index is 2.24. The van der Waals surface area contributed by atoms with Crippen molar-refractivity contribution in [1.82, 2.24) is 9.78 Å². The van der Waals surface area contributed by atoms with E-state index in [2.05, 4.69) is 10.4 Å². The highest BCUT2D eigenvalue weighted by molar-refractivity contribution is 6.30. The van der Waals surface area contributed by atoms with Gasteiger partial charge in [0.2, 0.25) is 5.91 Å². The Labute approximate surface area is 127 Å². The lowest BCUT2D eigenvalue weighted by Crippen LogP contribution is -2.33. The van der Waals surface area contributed by atoms with Gasteiger partial charge in [-0.2, -0.15) is 5.10 Å². The number of nitrogens with one attached hydrogen (secondary N) is 1. The summed E-state index contributed by atoms with van der Waals surface area (Å²) in [5.74, 6) is -0.324. The molecule has 0 saturated carbocycles. The van der Waals surface area contributed by atoms with Crippen LogP contribution in [0.2, 0.25) is 5.02 Å². The summed E-state index contributed by atoms with van der Waals surface area (Å²) in [6.45, 7) is 5.24. The standard InChI is InChI=1S/C15H16ClN3O2/c1-9-7-14(20)19(18-10(9)2)11(3)15(21)17-13-6-4-5-12(16)8-13/h4-8,11H,1-3H3,(H,17,21). The summed E-state index contributed by atoms with van der Waals surface area (Å²) in [4.78, 5) is 24.2. The Hall–Kier alpha value is -2.14. The first kappa shape index (κ1) is 15.3. The minimum Gasteiger partial charge on any atom is -0.324 e. The van der Waals surface area contributed by atoms with Crippen molar-refractivity contribution in [1.29, 1.82) is 0 Å². The molecule has 1 heterocycles. The van der Waals surface area contributed by atoms with Crippen molar-refractivity contribution < 1.29 is 4.79 Å². The van der Waals surface area contributed by atoms with Gasteiger partial charge in [-0.05, 0) is 44.5 Å². The minimum atomic E-state index is -0.712. The maximum Gasteiger partial charge on any atom is 0.267 e. The van der Waals surface area contributed by atoms with E-state index in [1.54, 1.807) is 38.1 Å². The van der Waals surface area contributed by atoms with E-state index in [1.807, 2.05) is 6.92 Å². The van der Waals surface area contributed by atoms with Crippen LogP contribution in [-0.2, 0) is 4.79 Å². The smallest absolute Gasteiger partial charge is 0.267 e. The van der Waals surface area contributed by atoms with Crippen molar-refractivity contribution in [2.75, 3.05) is 5.32 Å².